The number of anilines is 3. The Bertz CT molecular complexity index is 3210. The second kappa shape index (κ2) is 15.4. The van der Waals surface area contributed by atoms with Crippen molar-refractivity contribution in [3.05, 3.63) is 248 Å². The van der Waals surface area contributed by atoms with Crippen molar-refractivity contribution in [2.24, 2.45) is 0 Å². The van der Waals surface area contributed by atoms with Gasteiger partial charge in [0.25, 0.3) is 0 Å². The van der Waals surface area contributed by atoms with Crippen LogP contribution in [0.5, 0.6) is 0 Å². The lowest BCUT2D eigenvalue weighted by atomic mass is 9.82. The van der Waals surface area contributed by atoms with E-state index in [1.807, 2.05) is 0 Å². The molecule has 0 fully saturated rings. The molecule has 0 spiro atoms. The standard InChI is InChI=1S/C61H45N/c1-61(2)58-20-9-8-18-57(58)60-56(19-11-21-59(60)61)48-32-38-55(39-33-48)62(54-36-30-47(31-37-54)51-17-10-16-50(40-51)42-12-4-3-5-13-42)53-34-28-45(29-35-53)44-22-24-46(25-23-44)52-27-26-43-14-6-7-15-49(43)41-52/h3-41H,1-2H3. The summed E-state index contributed by atoms with van der Waals surface area (Å²) in [6.45, 7) is 4.69. The average Bonchev–Trinajstić information content (AvgIpc) is 3.58. The van der Waals surface area contributed by atoms with Gasteiger partial charge in [-0.05, 0) is 137 Å². The van der Waals surface area contributed by atoms with Gasteiger partial charge in [-0.15, -0.1) is 0 Å². The van der Waals surface area contributed by atoms with E-state index in [0.29, 0.717) is 0 Å². The van der Waals surface area contributed by atoms with Gasteiger partial charge in [0, 0.05) is 22.5 Å². The highest BCUT2D eigenvalue weighted by Gasteiger charge is 2.36. The van der Waals surface area contributed by atoms with Crippen LogP contribution >= 0.6 is 0 Å². The Morgan fingerprint density at radius 1 is 0.274 bits per heavy atom. The van der Waals surface area contributed by atoms with E-state index in [-0.39, 0.29) is 5.41 Å². The van der Waals surface area contributed by atoms with E-state index in [9.17, 15) is 0 Å². The number of benzene rings is 10. The molecule has 0 atom stereocenters. The molecular weight excluding hydrogens is 747 g/mol. The molecular formula is C61H45N. The van der Waals surface area contributed by atoms with E-state index in [2.05, 4.69) is 255 Å². The summed E-state index contributed by atoms with van der Waals surface area (Å²) in [5, 5.41) is 2.52. The van der Waals surface area contributed by atoms with Gasteiger partial charge in [-0.25, -0.2) is 0 Å². The fraction of sp³-hybridized carbons (Fsp3) is 0.0492. The molecule has 1 aliphatic carbocycles. The summed E-state index contributed by atoms with van der Waals surface area (Å²) in [6.07, 6.45) is 0. The van der Waals surface area contributed by atoms with Crippen molar-refractivity contribution in [2.75, 3.05) is 4.90 Å². The van der Waals surface area contributed by atoms with Crippen LogP contribution in [0.1, 0.15) is 25.0 Å². The maximum Gasteiger partial charge on any atom is 0.0462 e. The zero-order valence-electron chi connectivity index (χ0n) is 35.0. The first-order chi connectivity index (χ1) is 30.5. The van der Waals surface area contributed by atoms with Gasteiger partial charge in [0.15, 0.2) is 0 Å². The van der Waals surface area contributed by atoms with Crippen LogP contribution < -0.4 is 4.90 Å². The van der Waals surface area contributed by atoms with Crippen molar-refractivity contribution in [1.82, 2.24) is 0 Å². The highest BCUT2D eigenvalue weighted by atomic mass is 15.1. The van der Waals surface area contributed by atoms with Gasteiger partial charge in [0.05, 0.1) is 0 Å². The first-order valence-electron chi connectivity index (χ1n) is 21.6. The van der Waals surface area contributed by atoms with Crippen LogP contribution in [0.3, 0.4) is 0 Å². The van der Waals surface area contributed by atoms with Crippen LogP contribution in [0.15, 0.2) is 237 Å². The summed E-state index contributed by atoms with van der Waals surface area (Å²) >= 11 is 0. The van der Waals surface area contributed by atoms with E-state index in [1.165, 1.54) is 88.7 Å². The van der Waals surface area contributed by atoms with Crippen LogP contribution in [-0.2, 0) is 5.41 Å². The van der Waals surface area contributed by atoms with E-state index in [0.717, 1.165) is 17.1 Å². The maximum absolute atomic E-state index is 2.37. The molecule has 0 unspecified atom stereocenters. The predicted octanol–water partition coefficient (Wildman–Crippen LogP) is 17.0. The van der Waals surface area contributed by atoms with Crippen molar-refractivity contribution in [3.8, 4) is 66.8 Å². The van der Waals surface area contributed by atoms with Gasteiger partial charge in [-0.1, -0.05) is 202 Å². The van der Waals surface area contributed by atoms with E-state index in [4.69, 9.17) is 0 Å². The number of nitrogens with zero attached hydrogens (tertiary/aromatic N) is 1. The van der Waals surface area contributed by atoms with Crippen molar-refractivity contribution >= 4 is 27.8 Å². The molecule has 11 rings (SSSR count). The van der Waals surface area contributed by atoms with Gasteiger partial charge < -0.3 is 4.90 Å². The molecule has 0 saturated carbocycles. The highest BCUT2D eigenvalue weighted by Crippen LogP contribution is 2.52. The van der Waals surface area contributed by atoms with Crippen LogP contribution in [0.4, 0.5) is 17.1 Å². The average molecular weight is 792 g/mol. The topological polar surface area (TPSA) is 3.24 Å². The van der Waals surface area contributed by atoms with Gasteiger partial charge >= 0.3 is 0 Å². The van der Waals surface area contributed by atoms with Gasteiger partial charge in [-0.3, -0.25) is 0 Å². The summed E-state index contributed by atoms with van der Waals surface area (Å²) in [4.78, 5) is 2.37. The lowest BCUT2D eigenvalue weighted by Gasteiger charge is -2.26. The molecule has 0 saturated heterocycles. The Morgan fingerprint density at radius 2 is 0.677 bits per heavy atom. The molecule has 0 N–H and O–H groups in total. The smallest absolute Gasteiger partial charge is 0.0462 e. The minimum atomic E-state index is -0.0425. The maximum atomic E-state index is 2.37. The third kappa shape index (κ3) is 6.69. The van der Waals surface area contributed by atoms with Crippen LogP contribution in [0, 0.1) is 0 Å². The van der Waals surface area contributed by atoms with Gasteiger partial charge in [-0.2, -0.15) is 0 Å². The molecule has 294 valence electrons. The predicted molar refractivity (Wildman–Crippen MR) is 263 cm³/mol. The largest absolute Gasteiger partial charge is 0.311 e. The Kier molecular flexibility index (Phi) is 9.24. The molecule has 0 amide bonds. The molecule has 10 aromatic rings. The monoisotopic (exact) mass is 791 g/mol. The van der Waals surface area contributed by atoms with Crippen molar-refractivity contribution < 1.29 is 0 Å². The zero-order valence-corrected chi connectivity index (χ0v) is 35.0. The van der Waals surface area contributed by atoms with Crippen molar-refractivity contribution in [2.45, 2.75) is 19.3 Å². The molecule has 0 aliphatic heterocycles. The lowest BCUT2D eigenvalue weighted by molar-refractivity contribution is 0.660. The number of hydrogen-bond donors (Lipinski definition) is 0. The molecule has 0 heterocycles. The van der Waals surface area contributed by atoms with Gasteiger partial charge in [0.1, 0.15) is 0 Å². The first-order valence-corrected chi connectivity index (χ1v) is 21.6. The quantitative estimate of drug-likeness (QED) is 0.148. The summed E-state index contributed by atoms with van der Waals surface area (Å²) in [5.74, 6) is 0. The third-order valence-corrected chi connectivity index (χ3v) is 12.9. The fourth-order valence-electron chi connectivity index (χ4n) is 9.57. The number of rotatable bonds is 8. The molecule has 0 aromatic heterocycles. The van der Waals surface area contributed by atoms with Crippen molar-refractivity contribution in [1.29, 1.82) is 0 Å². The lowest BCUT2D eigenvalue weighted by Crippen LogP contribution is -2.14. The van der Waals surface area contributed by atoms with E-state index >= 15 is 0 Å². The SMILES string of the molecule is CC1(C)c2ccccc2-c2c(-c3ccc(N(c4ccc(-c5ccc(-c6ccc7ccccc7c6)cc5)cc4)c4ccc(-c5cccc(-c6ccccc6)c5)cc4)cc3)cccc21. The second-order valence-corrected chi connectivity index (χ2v) is 17.0. The first kappa shape index (κ1) is 37.3. The Labute approximate surface area is 364 Å². The molecule has 10 aromatic carbocycles. The van der Waals surface area contributed by atoms with Gasteiger partial charge in [0.2, 0.25) is 0 Å². The van der Waals surface area contributed by atoms with Crippen molar-refractivity contribution in [3.63, 3.8) is 0 Å². The molecule has 0 radical (unpaired) electrons. The third-order valence-electron chi connectivity index (χ3n) is 12.9. The summed E-state index contributed by atoms with van der Waals surface area (Å²) in [6, 6.07) is 86.5. The normalized spacial score (nSPS) is 12.5. The molecule has 62 heavy (non-hydrogen) atoms. The Morgan fingerprint density at radius 3 is 1.31 bits per heavy atom. The second-order valence-electron chi connectivity index (χ2n) is 17.0. The van der Waals surface area contributed by atoms with Crippen LogP contribution in [0.25, 0.3) is 77.5 Å². The highest BCUT2D eigenvalue weighted by molar-refractivity contribution is 5.93. The Balaban J connectivity index is 0.939. The van der Waals surface area contributed by atoms with E-state index < -0.39 is 0 Å². The minimum absolute atomic E-state index is 0.0425. The molecule has 1 aliphatic rings. The number of hydrogen-bond acceptors (Lipinski definition) is 1. The molecule has 0 bridgehead atoms. The van der Waals surface area contributed by atoms with E-state index in [1.54, 1.807) is 0 Å². The molecule has 1 heteroatoms. The summed E-state index contributed by atoms with van der Waals surface area (Å²) < 4.78 is 0. The molecule has 1 nitrogen and oxygen atoms in total. The summed E-state index contributed by atoms with van der Waals surface area (Å²) in [5.41, 5.74) is 20.9. The Hall–Kier alpha value is -7.74. The van der Waals surface area contributed by atoms with Crippen LogP contribution in [0.2, 0.25) is 0 Å². The van der Waals surface area contributed by atoms with Crippen LogP contribution in [-0.4, -0.2) is 0 Å². The minimum Gasteiger partial charge on any atom is -0.311 e. The fourth-order valence-corrected chi connectivity index (χ4v) is 9.57. The zero-order chi connectivity index (χ0) is 41.6. The summed E-state index contributed by atoms with van der Waals surface area (Å²) in [7, 11) is 0. The number of fused-ring (bicyclic) bond motifs is 4.